The largest absolute Gasteiger partial charge is 0.461 e. The van der Waals surface area contributed by atoms with Crippen LogP contribution in [0.2, 0.25) is 5.02 Å². The highest BCUT2D eigenvalue weighted by atomic mass is 35.5. The summed E-state index contributed by atoms with van der Waals surface area (Å²) in [5.74, 6) is -1.72. The van der Waals surface area contributed by atoms with E-state index >= 15 is 0 Å². The summed E-state index contributed by atoms with van der Waals surface area (Å²) < 4.78 is 5.45. The summed E-state index contributed by atoms with van der Waals surface area (Å²) in [5, 5.41) is 3.54. The number of halogens is 1. The lowest BCUT2D eigenvalue weighted by molar-refractivity contribution is -0.122. The molecule has 1 aromatic heterocycles. The van der Waals surface area contributed by atoms with E-state index in [2.05, 4.69) is 5.32 Å². The fraction of sp³-hybridized carbons (Fsp3) is 0.192. The average molecular weight is 459 g/mol. The summed E-state index contributed by atoms with van der Waals surface area (Å²) >= 11 is 6.23. The van der Waals surface area contributed by atoms with Crippen LogP contribution in [0.25, 0.3) is 6.08 Å². The molecule has 0 unspecified atom stereocenters. The van der Waals surface area contributed by atoms with Gasteiger partial charge >= 0.3 is 0 Å². The molecule has 4 atom stereocenters. The summed E-state index contributed by atoms with van der Waals surface area (Å²) in [6.07, 6.45) is 5.24. The monoisotopic (exact) mass is 458 g/mol. The molecule has 0 radical (unpaired) electrons. The SMILES string of the molecule is CC(=O)[C@H]1[C@@H](C(=O)c2ccco2)[C@]2(C(=O)Nc3ccccc32)[C@H]2C=Cc3cc(Cl)ccc3N12. The lowest BCUT2D eigenvalue weighted by Gasteiger charge is -2.37. The molecule has 1 fully saturated rings. The standard InChI is InChI=1S/C26H19ClN2O4/c1-14(30)23-22(24(31)20-7-4-12-33-20)26(17-5-2-3-6-18(17)28-25(26)32)21-11-8-15-13-16(27)9-10-19(15)29(21)23/h2-13,21-23H,1H3,(H,28,32)/t21-,22+,23+,26-/m1/s1. The zero-order chi connectivity index (χ0) is 22.9. The van der Waals surface area contributed by atoms with Crippen LogP contribution >= 0.6 is 11.6 Å². The number of rotatable bonds is 3. The number of Topliss-reactive ketones (excluding diaryl/α,β-unsaturated/α-hetero) is 2. The highest BCUT2D eigenvalue weighted by Gasteiger charge is 2.70. The van der Waals surface area contributed by atoms with Crippen LogP contribution in [-0.2, 0) is 15.0 Å². The first-order valence-electron chi connectivity index (χ1n) is 10.7. The van der Waals surface area contributed by atoms with Gasteiger partial charge in [0.25, 0.3) is 0 Å². The molecule has 3 aromatic rings. The van der Waals surface area contributed by atoms with E-state index in [0.29, 0.717) is 16.3 Å². The maximum Gasteiger partial charge on any atom is 0.238 e. The number of hydrogen-bond acceptors (Lipinski definition) is 5. The Balaban J connectivity index is 1.67. The molecule has 1 saturated heterocycles. The van der Waals surface area contributed by atoms with Gasteiger partial charge in [0, 0.05) is 16.4 Å². The van der Waals surface area contributed by atoms with Gasteiger partial charge in [-0.3, -0.25) is 14.4 Å². The number of carbonyl (C=O) groups is 3. The highest BCUT2D eigenvalue weighted by molar-refractivity contribution is 6.31. The van der Waals surface area contributed by atoms with Crippen molar-refractivity contribution in [2.75, 3.05) is 10.2 Å². The molecule has 2 aromatic carbocycles. The van der Waals surface area contributed by atoms with Crippen LogP contribution in [-0.4, -0.2) is 29.6 Å². The minimum absolute atomic E-state index is 0.128. The first-order valence-corrected chi connectivity index (χ1v) is 11.1. The third kappa shape index (κ3) is 2.52. The van der Waals surface area contributed by atoms with E-state index in [1.807, 2.05) is 53.5 Å². The Morgan fingerprint density at radius 2 is 1.94 bits per heavy atom. The molecular weight excluding hydrogens is 440 g/mol. The molecule has 164 valence electrons. The van der Waals surface area contributed by atoms with E-state index in [0.717, 1.165) is 11.3 Å². The van der Waals surface area contributed by atoms with Crippen LogP contribution in [0.1, 0.15) is 28.6 Å². The van der Waals surface area contributed by atoms with Gasteiger partial charge in [-0.1, -0.05) is 42.0 Å². The average Bonchev–Trinajstić information content (AvgIpc) is 3.50. The second-order valence-corrected chi connectivity index (χ2v) is 9.09. The van der Waals surface area contributed by atoms with Gasteiger partial charge in [0.1, 0.15) is 5.41 Å². The number of nitrogens with zero attached hydrogens (tertiary/aromatic N) is 1. The second-order valence-electron chi connectivity index (χ2n) is 8.66. The Kier molecular flexibility index (Phi) is 4.20. The van der Waals surface area contributed by atoms with Crippen molar-refractivity contribution in [2.24, 2.45) is 5.92 Å². The molecule has 4 heterocycles. The van der Waals surface area contributed by atoms with Crippen molar-refractivity contribution in [3.63, 3.8) is 0 Å². The predicted octanol–water partition coefficient (Wildman–Crippen LogP) is 4.50. The summed E-state index contributed by atoms with van der Waals surface area (Å²) in [4.78, 5) is 42.9. The molecule has 7 heteroatoms. The molecule has 1 amide bonds. The Bertz CT molecular complexity index is 1360. The van der Waals surface area contributed by atoms with Crippen molar-refractivity contribution >= 4 is 46.5 Å². The Morgan fingerprint density at radius 3 is 2.70 bits per heavy atom. The first-order chi connectivity index (χ1) is 15.9. The molecule has 6 nitrogen and oxygen atoms in total. The molecule has 1 N–H and O–H groups in total. The lowest BCUT2D eigenvalue weighted by Crippen LogP contribution is -2.51. The van der Waals surface area contributed by atoms with Crippen molar-refractivity contribution in [3.05, 3.63) is 88.8 Å². The minimum atomic E-state index is -1.30. The van der Waals surface area contributed by atoms with E-state index in [4.69, 9.17) is 16.0 Å². The van der Waals surface area contributed by atoms with Gasteiger partial charge in [-0.25, -0.2) is 0 Å². The Hall–Kier alpha value is -3.64. The Morgan fingerprint density at radius 1 is 1.12 bits per heavy atom. The number of furan rings is 1. The smallest absolute Gasteiger partial charge is 0.238 e. The molecule has 6 rings (SSSR count). The van der Waals surface area contributed by atoms with E-state index in [1.165, 1.54) is 13.2 Å². The van der Waals surface area contributed by atoms with Gasteiger partial charge in [0.15, 0.2) is 11.5 Å². The van der Waals surface area contributed by atoms with Crippen molar-refractivity contribution in [3.8, 4) is 0 Å². The molecule has 1 spiro atoms. The van der Waals surface area contributed by atoms with Gasteiger partial charge in [-0.05, 0) is 54.4 Å². The minimum Gasteiger partial charge on any atom is -0.461 e. The van der Waals surface area contributed by atoms with Crippen LogP contribution in [0.5, 0.6) is 0 Å². The highest BCUT2D eigenvalue weighted by Crippen LogP contribution is 2.57. The van der Waals surface area contributed by atoms with E-state index < -0.39 is 23.4 Å². The fourth-order valence-corrected chi connectivity index (χ4v) is 6.06. The van der Waals surface area contributed by atoms with Gasteiger partial charge in [-0.15, -0.1) is 0 Å². The van der Waals surface area contributed by atoms with E-state index in [9.17, 15) is 14.4 Å². The maximum atomic E-state index is 14.0. The van der Waals surface area contributed by atoms with Gasteiger partial charge < -0.3 is 14.6 Å². The third-order valence-corrected chi connectivity index (χ3v) is 7.29. The summed E-state index contributed by atoms with van der Waals surface area (Å²) in [7, 11) is 0. The van der Waals surface area contributed by atoms with E-state index in [1.54, 1.807) is 18.2 Å². The van der Waals surface area contributed by atoms with Crippen molar-refractivity contribution in [1.82, 2.24) is 0 Å². The predicted molar refractivity (Wildman–Crippen MR) is 125 cm³/mol. The molecule has 33 heavy (non-hydrogen) atoms. The number of anilines is 2. The number of nitrogens with one attached hydrogen (secondary N) is 1. The van der Waals surface area contributed by atoms with E-state index in [-0.39, 0.29) is 23.2 Å². The van der Waals surface area contributed by atoms with Crippen molar-refractivity contribution in [1.29, 1.82) is 0 Å². The maximum absolute atomic E-state index is 14.0. The molecule has 0 aliphatic carbocycles. The number of benzene rings is 2. The molecule has 0 bridgehead atoms. The van der Waals surface area contributed by atoms with Crippen LogP contribution in [0.4, 0.5) is 11.4 Å². The lowest BCUT2D eigenvalue weighted by atomic mass is 9.65. The number of hydrogen-bond donors (Lipinski definition) is 1. The Labute approximate surface area is 194 Å². The van der Waals surface area contributed by atoms with Crippen LogP contribution in [0, 0.1) is 5.92 Å². The van der Waals surface area contributed by atoms with Gasteiger partial charge in [0.2, 0.25) is 11.7 Å². The second kappa shape index (κ2) is 6.93. The molecule has 0 saturated carbocycles. The third-order valence-electron chi connectivity index (χ3n) is 7.06. The van der Waals surface area contributed by atoms with Gasteiger partial charge in [0.05, 0.1) is 24.3 Å². The number of amides is 1. The van der Waals surface area contributed by atoms with Crippen LogP contribution in [0.3, 0.4) is 0 Å². The topological polar surface area (TPSA) is 79.6 Å². The number of ketones is 2. The van der Waals surface area contributed by atoms with Gasteiger partial charge in [-0.2, -0.15) is 0 Å². The number of para-hydroxylation sites is 1. The molecule has 3 aliphatic rings. The number of fused-ring (bicyclic) bond motifs is 6. The van der Waals surface area contributed by atoms with Crippen LogP contribution in [0.15, 0.2) is 71.4 Å². The summed E-state index contributed by atoms with van der Waals surface area (Å²) in [6.45, 7) is 1.47. The summed E-state index contributed by atoms with van der Waals surface area (Å²) in [5.41, 5.74) is 1.65. The first kappa shape index (κ1) is 20.0. The zero-order valence-corrected chi connectivity index (χ0v) is 18.4. The quantitative estimate of drug-likeness (QED) is 0.585. The van der Waals surface area contributed by atoms with Crippen molar-refractivity contribution in [2.45, 2.75) is 24.4 Å². The molecular formula is C26H19ClN2O4. The molecule has 3 aliphatic heterocycles. The fourth-order valence-electron chi connectivity index (χ4n) is 5.88. The normalized spacial score (nSPS) is 26.7. The number of carbonyl (C=O) groups excluding carboxylic acids is 3. The zero-order valence-electron chi connectivity index (χ0n) is 17.6. The van der Waals surface area contributed by atoms with Crippen LogP contribution < -0.4 is 10.2 Å². The summed E-state index contributed by atoms with van der Waals surface area (Å²) in [6, 6.07) is 14.6. The van der Waals surface area contributed by atoms with Crippen molar-refractivity contribution < 1.29 is 18.8 Å².